The van der Waals surface area contributed by atoms with Gasteiger partial charge in [-0.2, -0.15) is 0 Å². The fourth-order valence-electron chi connectivity index (χ4n) is 2.38. The predicted molar refractivity (Wildman–Crippen MR) is 97.0 cm³/mol. The van der Waals surface area contributed by atoms with Gasteiger partial charge in [-0.3, -0.25) is 9.59 Å². The predicted octanol–water partition coefficient (Wildman–Crippen LogP) is 4.03. The maximum Gasteiger partial charge on any atom is 0.226 e. The van der Waals surface area contributed by atoms with E-state index in [1.165, 1.54) is 6.92 Å². The third-order valence-electron chi connectivity index (χ3n) is 3.76. The minimum atomic E-state index is -0.162. The summed E-state index contributed by atoms with van der Waals surface area (Å²) in [7, 11) is 0. The van der Waals surface area contributed by atoms with Crippen LogP contribution in [0.25, 0.3) is 0 Å². The summed E-state index contributed by atoms with van der Waals surface area (Å²) >= 11 is 6.11. The standard InChI is InChI=1S/C19H21ClN2O2/c1-14-7-6-10-17(20)19(14)21-18(24)11-12-22(15(2)23)13-16-8-4-3-5-9-16/h3-10H,11-13H2,1-2H3,(H,21,24). The van der Waals surface area contributed by atoms with Crippen LogP contribution in [0.1, 0.15) is 24.5 Å². The van der Waals surface area contributed by atoms with Gasteiger partial charge in [0, 0.05) is 26.4 Å². The molecule has 2 rings (SSSR count). The summed E-state index contributed by atoms with van der Waals surface area (Å²) in [5.41, 5.74) is 2.57. The summed E-state index contributed by atoms with van der Waals surface area (Å²) in [6.07, 6.45) is 0.219. The van der Waals surface area contributed by atoms with Gasteiger partial charge in [0.1, 0.15) is 0 Å². The van der Waals surface area contributed by atoms with Gasteiger partial charge < -0.3 is 10.2 Å². The van der Waals surface area contributed by atoms with Crippen LogP contribution in [0.5, 0.6) is 0 Å². The first-order chi connectivity index (χ1) is 11.5. The van der Waals surface area contributed by atoms with Gasteiger partial charge in [0.15, 0.2) is 0 Å². The largest absolute Gasteiger partial charge is 0.338 e. The molecule has 126 valence electrons. The molecule has 0 aromatic heterocycles. The van der Waals surface area contributed by atoms with Gasteiger partial charge in [0.25, 0.3) is 0 Å². The van der Waals surface area contributed by atoms with Gasteiger partial charge in [-0.15, -0.1) is 0 Å². The van der Waals surface area contributed by atoms with Crippen molar-refractivity contribution in [3.05, 3.63) is 64.7 Å². The smallest absolute Gasteiger partial charge is 0.226 e. The second-order valence-electron chi connectivity index (χ2n) is 5.66. The van der Waals surface area contributed by atoms with Crippen LogP contribution in [0.15, 0.2) is 48.5 Å². The van der Waals surface area contributed by atoms with E-state index in [4.69, 9.17) is 11.6 Å². The molecule has 0 saturated heterocycles. The molecule has 1 N–H and O–H groups in total. The van der Waals surface area contributed by atoms with Crippen LogP contribution in [-0.2, 0) is 16.1 Å². The molecule has 0 aliphatic rings. The van der Waals surface area contributed by atoms with Crippen molar-refractivity contribution in [1.29, 1.82) is 0 Å². The van der Waals surface area contributed by atoms with Crippen LogP contribution >= 0.6 is 11.6 Å². The minimum absolute atomic E-state index is 0.0550. The zero-order chi connectivity index (χ0) is 17.5. The molecule has 0 saturated carbocycles. The number of anilines is 1. The Labute approximate surface area is 147 Å². The molecule has 24 heavy (non-hydrogen) atoms. The average Bonchev–Trinajstić information content (AvgIpc) is 2.55. The maximum atomic E-state index is 12.2. The second-order valence-corrected chi connectivity index (χ2v) is 6.06. The monoisotopic (exact) mass is 344 g/mol. The Bertz CT molecular complexity index is 696. The molecule has 0 bridgehead atoms. The van der Waals surface area contributed by atoms with Gasteiger partial charge in [-0.1, -0.05) is 54.1 Å². The lowest BCUT2D eigenvalue weighted by Gasteiger charge is -2.21. The fourth-order valence-corrected chi connectivity index (χ4v) is 2.65. The van der Waals surface area contributed by atoms with Gasteiger partial charge in [0.05, 0.1) is 10.7 Å². The highest BCUT2D eigenvalue weighted by molar-refractivity contribution is 6.33. The molecular formula is C19H21ClN2O2. The lowest BCUT2D eigenvalue weighted by atomic mass is 10.2. The highest BCUT2D eigenvalue weighted by atomic mass is 35.5. The summed E-state index contributed by atoms with van der Waals surface area (Å²) in [5.74, 6) is -0.217. The van der Waals surface area contributed by atoms with Crippen LogP contribution in [0.2, 0.25) is 5.02 Å². The maximum absolute atomic E-state index is 12.2. The number of amides is 2. The van der Waals surface area contributed by atoms with E-state index in [1.54, 1.807) is 11.0 Å². The number of halogens is 1. The summed E-state index contributed by atoms with van der Waals surface area (Å²) in [4.78, 5) is 25.7. The van der Waals surface area contributed by atoms with E-state index in [0.717, 1.165) is 11.1 Å². The Balaban J connectivity index is 1.94. The van der Waals surface area contributed by atoms with E-state index < -0.39 is 0 Å². The van der Waals surface area contributed by atoms with Crippen molar-refractivity contribution in [2.75, 3.05) is 11.9 Å². The number of hydrogen-bond donors (Lipinski definition) is 1. The Morgan fingerprint density at radius 1 is 1.08 bits per heavy atom. The number of carbonyl (C=O) groups excluding carboxylic acids is 2. The quantitative estimate of drug-likeness (QED) is 0.860. The Hall–Kier alpha value is -2.33. The normalized spacial score (nSPS) is 10.3. The Morgan fingerprint density at radius 3 is 2.42 bits per heavy atom. The molecule has 0 aliphatic carbocycles. The molecule has 0 heterocycles. The Morgan fingerprint density at radius 2 is 1.79 bits per heavy atom. The number of carbonyl (C=O) groups is 2. The molecule has 5 heteroatoms. The van der Waals surface area contributed by atoms with Gasteiger partial charge in [-0.25, -0.2) is 0 Å². The molecule has 0 aliphatic heterocycles. The highest BCUT2D eigenvalue weighted by Crippen LogP contribution is 2.25. The van der Waals surface area contributed by atoms with E-state index in [1.807, 2.05) is 49.4 Å². The van der Waals surface area contributed by atoms with Crippen LogP contribution in [0.3, 0.4) is 0 Å². The molecule has 0 unspecified atom stereocenters. The molecule has 0 fully saturated rings. The van der Waals surface area contributed by atoms with Gasteiger partial charge in [0.2, 0.25) is 11.8 Å². The van der Waals surface area contributed by atoms with Crippen molar-refractivity contribution >= 4 is 29.1 Å². The molecule has 0 radical (unpaired) electrons. The first-order valence-electron chi connectivity index (χ1n) is 7.82. The molecule has 0 atom stereocenters. The SMILES string of the molecule is CC(=O)N(CCC(=O)Nc1c(C)cccc1Cl)Cc1ccccc1. The van der Waals surface area contributed by atoms with Crippen molar-refractivity contribution in [3.63, 3.8) is 0 Å². The van der Waals surface area contributed by atoms with Crippen LogP contribution < -0.4 is 5.32 Å². The van der Waals surface area contributed by atoms with Gasteiger partial charge >= 0.3 is 0 Å². The number of benzene rings is 2. The number of aryl methyl sites for hydroxylation is 1. The van der Waals surface area contributed by atoms with E-state index in [2.05, 4.69) is 5.32 Å². The highest BCUT2D eigenvalue weighted by Gasteiger charge is 2.13. The van der Waals surface area contributed by atoms with E-state index in [9.17, 15) is 9.59 Å². The van der Waals surface area contributed by atoms with E-state index >= 15 is 0 Å². The number of nitrogens with one attached hydrogen (secondary N) is 1. The lowest BCUT2D eigenvalue weighted by molar-refractivity contribution is -0.129. The summed E-state index contributed by atoms with van der Waals surface area (Å²) in [5, 5.41) is 3.34. The molecule has 4 nitrogen and oxygen atoms in total. The lowest BCUT2D eigenvalue weighted by Crippen LogP contribution is -2.31. The first kappa shape index (κ1) is 18.0. The number of rotatable bonds is 6. The summed E-state index contributed by atoms with van der Waals surface area (Å²) < 4.78 is 0. The van der Waals surface area contributed by atoms with E-state index in [-0.39, 0.29) is 18.2 Å². The Kier molecular flexibility index (Phi) is 6.38. The second kappa shape index (κ2) is 8.50. The summed E-state index contributed by atoms with van der Waals surface area (Å²) in [6, 6.07) is 15.2. The van der Waals surface area contributed by atoms with Gasteiger partial charge in [-0.05, 0) is 24.1 Å². The van der Waals surface area contributed by atoms with Crippen LogP contribution in [-0.4, -0.2) is 23.3 Å². The zero-order valence-corrected chi connectivity index (χ0v) is 14.6. The molecule has 0 spiro atoms. The number of para-hydroxylation sites is 1. The fraction of sp³-hybridized carbons (Fsp3) is 0.263. The van der Waals surface area contributed by atoms with Crippen molar-refractivity contribution in [1.82, 2.24) is 4.90 Å². The zero-order valence-electron chi connectivity index (χ0n) is 13.9. The van der Waals surface area contributed by atoms with Crippen molar-refractivity contribution in [2.45, 2.75) is 26.8 Å². The number of hydrogen-bond acceptors (Lipinski definition) is 2. The van der Waals surface area contributed by atoms with Crippen LogP contribution in [0.4, 0.5) is 5.69 Å². The summed E-state index contributed by atoms with van der Waals surface area (Å²) in [6.45, 7) is 4.26. The minimum Gasteiger partial charge on any atom is -0.338 e. The molecule has 2 aromatic rings. The average molecular weight is 345 g/mol. The van der Waals surface area contributed by atoms with Crippen molar-refractivity contribution in [3.8, 4) is 0 Å². The van der Waals surface area contributed by atoms with E-state index in [0.29, 0.717) is 23.8 Å². The topological polar surface area (TPSA) is 49.4 Å². The van der Waals surface area contributed by atoms with Crippen molar-refractivity contribution in [2.24, 2.45) is 0 Å². The third kappa shape index (κ3) is 5.10. The molecular weight excluding hydrogens is 324 g/mol. The molecule has 2 amide bonds. The van der Waals surface area contributed by atoms with Crippen molar-refractivity contribution < 1.29 is 9.59 Å². The molecule has 2 aromatic carbocycles. The third-order valence-corrected chi connectivity index (χ3v) is 4.07. The van der Waals surface area contributed by atoms with Crippen LogP contribution in [0, 0.1) is 6.92 Å². The first-order valence-corrected chi connectivity index (χ1v) is 8.19. The number of nitrogens with zero attached hydrogens (tertiary/aromatic N) is 1.